The molecule has 3 N–H and O–H groups in total. The molecule has 0 rings (SSSR count). The molecule has 4 heteroatoms. The van der Waals surface area contributed by atoms with E-state index >= 15 is 0 Å². The van der Waals surface area contributed by atoms with Gasteiger partial charge in [-0.1, -0.05) is 6.58 Å². The van der Waals surface area contributed by atoms with Gasteiger partial charge < -0.3 is 23.0 Å². The first-order valence-electron chi connectivity index (χ1n) is 4.06. The fourth-order valence-electron chi connectivity index (χ4n) is 0.421. The van der Waals surface area contributed by atoms with E-state index in [0.717, 1.165) is 0 Å². The third-order valence-corrected chi connectivity index (χ3v) is 0.684. The van der Waals surface area contributed by atoms with Crippen molar-refractivity contribution in [2.45, 2.75) is 26.3 Å². The monoisotopic (exact) mass is 208 g/mol. The van der Waals surface area contributed by atoms with Crippen LogP contribution in [0.15, 0.2) is 12.7 Å². The molecule has 0 fully saturated rings. The zero-order valence-electron chi connectivity index (χ0n) is 9.15. The van der Waals surface area contributed by atoms with E-state index in [1.54, 1.807) is 0 Å². The van der Waals surface area contributed by atoms with Gasteiger partial charge in [-0.3, -0.25) is 4.79 Å². The van der Waals surface area contributed by atoms with E-state index in [-0.39, 0.29) is 23.9 Å². The molecular formula is C9H21ClN2O. The lowest BCUT2D eigenvalue weighted by Crippen LogP contribution is -3.00. The van der Waals surface area contributed by atoms with Crippen LogP contribution in [0.5, 0.6) is 0 Å². The Balaban J connectivity index is -0.000000220. The maximum Gasteiger partial charge on any atom is 0.243 e. The van der Waals surface area contributed by atoms with Crippen LogP contribution < -0.4 is 23.0 Å². The zero-order chi connectivity index (χ0) is 10.2. The lowest BCUT2D eigenvalue weighted by molar-refractivity contribution is -0.597. The quantitative estimate of drug-likeness (QED) is 0.441. The molecule has 0 saturated heterocycles. The molecule has 0 aromatic rings. The van der Waals surface area contributed by atoms with Crippen LogP contribution in [0, 0.1) is 0 Å². The van der Waals surface area contributed by atoms with Crippen molar-refractivity contribution in [2.75, 3.05) is 14.1 Å². The number of rotatable bonds is 1. The van der Waals surface area contributed by atoms with Gasteiger partial charge in [0.2, 0.25) is 5.91 Å². The van der Waals surface area contributed by atoms with Crippen LogP contribution in [0.2, 0.25) is 0 Å². The fourth-order valence-corrected chi connectivity index (χ4v) is 0.421. The highest BCUT2D eigenvalue weighted by Gasteiger charge is 2.10. The standard InChI is InChI=1S/C7H13NO.C2H7N.ClH/c1-5-6(9)8-7(2,3)4;1-3-2;/h5H,1H2,2-4H3,(H,8,9);3H,1-2H3;1H. The molecule has 0 saturated carbocycles. The van der Waals surface area contributed by atoms with Gasteiger partial charge in [-0.25, -0.2) is 0 Å². The van der Waals surface area contributed by atoms with Crippen molar-refractivity contribution in [3.63, 3.8) is 0 Å². The van der Waals surface area contributed by atoms with E-state index < -0.39 is 0 Å². The van der Waals surface area contributed by atoms with Gasteiger partial charge >= 0.3 is 0 Å². The van der Waals surface area contributed by atoms with Crippen molar-refractivity contribution < 1.29 is 22.5 Å². The summed E-state index contributed by atoms with van der Waals surface area (Å²) in [5, 5.41) is 4.71. The smallest absolute Gasteiger partial charge is 0.243 e. The summed E-state index contributed by atoms with van der Waals surface area (Å²) >= 11 is 0. The first-order valence-corrected chi connectivity index (χ1v) is 4.06. The summed E-state index contributed by atoms with van der Waals surface area (Å²) in [5.41, 5.74) is -0.148. The zero-order valence-corrected chi connectivity index (χ0v) is 9.90. The molecule has 0 aliphatic heterocycles. The fraction of sp³-hybridized carbons (Fsp3) is 0.667. The molecule has 1 amide bonds. The van der Waals surface area contributed by atoms with Crippen LogP contribution in [0.4, 0.5) is 0 Å². The lowest BCUT2D eigenvalue weighted by Gasteiger charge is -2.18. The van der Waals surface area contributed by atoms with Crippen LogP contribution in [0.25, 0.3) is 0 Å². The molecule has 3 nitrogen and oxygen atoms in total. The second-order valence-corrected chi connectivity index (χ2v) is 3.52. The molecule has 80 valence electrons. The van der Waals surface area contributed by atoms with E-state index in [9.17, 15) is 4.79 Å². The number of quaternary nitrogens is 1. The Bertz CT molecular complexity index is 141. The average Bonchev–Trinajstić information content (AvgIpc) is 1.86. The Morgan fingerprint density at radius 3 is 1.77 bits per heavy atom. The molecular weight excluding hydrogens is 188 g/mol. The van der Waals surface area contributed by atoms with Gasteiger partial charge in [-0.05, 0) is 26.8 Å². The number of hydrogen-bond acceptors (Lipinski definition) is 1. The van der Waals surface area contributed by atoms with Crippen molar-refractivity contribution in [1.29, 1.82) is 0 Å². The molecule has 0 atom stereocenters. The predicted molar refractivity (Wildman–Crippen MR) is 51.9 cm³/mol. The Hall–Kier alpha value is -0.540. The van der Waals surface area contributed by atoms with Gasteiger partial charge in [-0.2, -0.15) is 0 Å². The van der Waals surface area contributed by atoms with Gasteiger partial charge in [0, 0.05) is 5.54 Å². The summed E-state index contributed by atoms with van der Waals surface area (Å²) in [7, 11) is 4.00. The summed E-state index contributed by atoms with van der Waals surface area (Å²) in [5.74, 6) is -0.123. The number of carbonyl (C=O) groups is 1. The highest BCUT2D eigenvalue weighted by atomic mass is 35.5. The highest BCUT2D eigenvalue weighted by Crippen LogP contribution is 1.97. The minimum Gasteiger partial charge on any atom is -1.00 e. The number of hydrogen-bond donors (Lipinski definition) is 2. The van der Waals surface area contributed by atoms with Crippen LogP contribution >= 0.6 is 0 Å². The molecule has 0 bridgehead atoms. The lowest BCUT2D eigenvalue weighted by atomic mass is 10.1. The third-order valence-electron chi connectivity index (χ3n) is 0.684. The number of carbonyl (C=O) groups excluding carboxylic acids is 1. The van der Waals surface area contributed by atoms with Crippen LogP contribution in [-0.2, 0) is 4.79 Å². The largest absolute Gasteiger partial charge is 1.00 e. The maximum absolute atomic E-state index is 10.6. The molecule has 13 heavy (non-hydrogen) atoms. The topological polar surface area (TPSA) is 45.7 Å². The molecule has 0 heterocycles. The van der Waals surface area contributed by atoms with Gasteiger partial charge in [0.25, 0.3) is 0 Å². The van der Waals surface area contributed by atoms with E-state index in [2.05, 4.69) is 11.9 Å². The molecule has 0 aliphatic rings. The summed E-state index contributed by atoms with van der Waals surface area (Å²) in [4.78, 5) is 10.6. The SMILES string of the molecule is C=CC(=O)NC(C)(C)C.C[NH2+]C.[Cl-]. The molecule has 0 aliphatic carbocycles. The number of nitrogens with one attached hydrogen (secondary N) is 1. The average molecular weight is 209 g/mol. The van der Waals surface area contributed by atoms with Crippen molar-refractivity contribution >= 4 is 5.91 Å². The second kappa shape index (κ2) is 9.55. The number of nitrogens with two attached hydrogens (primary N) is 1. The first kappa shape index (κ1) is 18.3. The van der Waals surface area contributed by atoms with Gasteiger partial charge in [0.1, 0.15) is 0 Å². The summed E-state index contributed by atoms with van der Waals surface area (Å²) < 4.78 is 0. The minimum atomic E-state index is -0.148. The maximum atomic E-state index is 10.6. The van der Waals surface area contributed by atoms with E-state index in [1.807, 2.05) is 40.2 Å². The Morgan fingerprint density at radius 1 is 1.38 bits per heavy atom. The van der Waals surface area contributed by atoms with Crippen molar-refractivity contribution in [1.82, 2.24) is 5.32 Å². The van der Waals surface area contributed by atoms with Gasteiger partial charge in [0.15, 0.2) is 0 Å². The van der Waals surface area contributed by atoms with Crippen LogP contribution in [0.3, 0.4) is 0 Å². The molecule has 0 radical (unpaired) electrons. The van der Waals surface area contributed by atoms with Crippen LogP contribution in [-0.4, -0.2) is 25.5 Å². The molecule has 0 aromatic heterocycles. The van der Waals surface area contributed by atoms with Crippen molar-refractivity contribution in [3.8, 4) is 0 Å². The summed E-state index contributed by atoms with van der Waals surface area (Å²) in [6.07, 6.45) is 1.27. The van der Waals surface area contributed by atoms with Gasteiger partial charge in [0.05, 0.1) is 14.1 Å². The molecule has 0 spiro atoms. The minimum absolute atomic E-state index is 0. The summed E-state index contributed by atoms with van der Waals surface area (Å²) in [6.45, 7) is 9.11. The molecule has 0 aromatic carbocycles. The number of amides is 1. The Morgan fingerprint density at radius 2 is 1.69 bits per heavy atom. The molecule has 0 unspecified atom stereocenters. The highest BCUT2D eigenvalue weighted by molar-refractivity contribution is 5.87. The first-order chi connectivity index (χ1) is 5.37. The second-order valence-electron chi connectivity index (χ2n) is 3.52. The Labute approximate surface area is 87.4 Å². The third kappa shape index (κ3) is 24.6. The van der Waals surface area contributed by atoms with E-state index in [4.69, 9.17) is 0 Å². The van der Waals surface area contributed by atoms with Gasteiger partial charge in [-0.15, -0.1) is 0 Å². The van der Waals surface area contributed by atoms with E-state index in [1.165, 1.54) is 6.08 Å². The normalized spacial score (nSPS) is 8.69. The van der Waals surface area contributed by atoms with Crippen molar-refractivity contribution in [3.05, 3.63) is 12.7 Å². The van der Waals surface area contributed by atoms with Crippen molar-refractivity contribution in [2.24, 2.45) is 0 Å². The Kier molecular flexibility index (Phi) is 13.4. The van der Waals surface area contributed by atoms with E-state index in [0.29, 0.717) is 0 Å². The van der Waals surface area contributed by atoms with Crippen LogP contribution in [0.1, 0.15) is 20.8 Å². The predicted octanol–water partition coefficient (Wildman–Crippen LogP) is -3.10. The number of halogens is 1. The summed E-state index contributed by atoms with van der Waals surface area (Å²) in [6, 6.07) is 0.